The predicted molar refractivity (Wildman–Crippen MR) is 154 cm³/mol. The van der Waals surface area contributed by atoms with Crippen LogP contribution in [0, 0.1) is 17.7 Å². The van der Waals surface area contributed by atoms with Gasteiger partial charge < -0.3 is 20.5 Å². The molecule has 2 amide bonds. The van der Waals surface area contributed by atoms with Crippen molar-refractivity contribution in [2.24, 2.45) is 4.36 Å². The summed E-state index contributed by atoms with van der Waals surface area (Å²) in [6.07, 6.45) is 3.70. The molecule has 1 heterocycles. The minimum Gasteiger partial charge on any atom is -0.497 e. The Kier molecular flexibility index (Phi) is 10.5. The van der Waals surface area contributed by atoms with Gasteiger partial charge in [-0.3, -0.25) is 14.4 Å². The number of rotatable bonds is 9. The number of pyridine rings is 1. The van der Waals surface area contributed by atoms with Gasteiger partial charge in [0.05, 0.1) is 40.6 Å². The second-order valence-electron chi connectivity index (χ2n) is 8.88. The van der Waals surface area contributed by atoms with Crippen LogP contribution in [0.15, 0.2) is 59.1 Å². The van der Waals surface area contributed by atoms with Crippen LogP contribution >= 0.6 is 0 Å². The number of hydrogen-bond acceptors (Lipinski definition) is 8. The van der Waals surface area contributed by atoms with Gasteiger partial charge in [-0.1, -0.05) is 17.9 Å². The van der Waals surface area contributed by atoms with Crippen LogP contribution in [-0.4, -0.2) is 53.2 Å². The molecule has 3 rings (SSSR count). The smallest absolute Gasteiger partial charge is 0.305 e. The van der Waals surface area contributed by atoms with E-state index in [1.54, 1.807) is 24.3 Å². The number of nitrogens with two attached hydrogens (primary N) is 1. The number of nitrogens with one attached hydrogen (secondary N) is 1. The van der Waals surface area contributed by atoms with Crippen molar-refractivity contribution in [3.8, 4) is 17.6 Å². The molecule has 3 aromatic rings. The number of nitrogens with zero attached hydrogens (tertiary/aromatic N) is 2. The summed E-state index contributed by atoms with van der Waals surface area (Å²) in [6, 6.07) is 11.8. The Labute approximate surface area is 237 Å². The Balaban J connectivity index is 1.74. The Morgan fingerprint density at radius 2 is 1.88 bits per heavy atom. The number of carbonyl (C=O) groups is 3. The van der Waals surface area contributed by atoms with Gasteiger partial charge in [-0.25, -0.2) is 13.6 Å². The summed E-state index contributed by atoms with van der Waals surface area (Å²) >= 11 is 0. The highest BCUT2D eigenvalue weighted by Crippen LogP contribution is 2.19. The molecular weight excluding hydrogens is 551 g/mol. The Morgan fingerprint density at radius 1 is 1.10 bits per heavy atom. The molecule has 10 nitrogen and oxygen atoms in total. The molecule has 3 N–H and O–H groups in total. The number of nitrogen functional groups attached to an aromatic ring is 1. The molecule has 0 radical (unpaired) electrons. The van der Waals surface area contributed by atoms with E-state index in [0.29, 0.717) is 29.8 Å². The van der Waals surface area contributed by atoms with Gasteiger partial charge in [0.25, 0.3) is 11.8 Å². The predicted octanol–water partition coefficient (Wildman–Crippen LogP) is 4.04. The number of carbonyl (C=O) groups excluding carboxylic acids is 3. The first kappa shape index (κ1) is 30.8. The number of aromatic nitrogens is 1. The summed E-state index contributed by atoms with van der Waals surface area (Å²) in [5.41, 5.74) is 6.96. The van der Waals surface area contributed by atoms with Crippen molar-refractivity contribution >= 4 is 39.0 Å². The van der Waals surface area contributed by atoms with Gasteiger partial charge in [-0.2, -0.15) is 4.36 Å². The molecule has 12 heteroatoms. The zero-order chi connectivity index (χ0) is 30.0. The van der Waals surface area contributed by atoms with Crippen molar-refractivity contribution in [2.75, 3.05) is 37.3 Å². The molecular formula is C29H29FN4O6S. The lowest BCUT2D eigenvalue weighted by molar-refractivity contribution is -0.140. The minimum absolute atomic E-state index is 0.0639. The molecule has 0 bridgehead atoms. The van der Waals surface area contributed by atoms with Crippen LogP contribution in [0.25, 0.3) is 0 Å². The van der Waals surface area contributed by atoms with Crippen molar-refractivity contribution < 1.29 is 32.5 Å². The zero-order valence-corrected chi connectivity index (χ0v) is 23.5. The van der Waals surface area contributed by atoms with Crippen LogP contribution in [0.2, 0.25) is 0 Å². The fourth-order valence-electron chi connectivity index (χ4n) is 3.53. The van der Waals surface area contributed by atoms with Gasteiger partial charge in [0.2, 0.25) is 0 Å². The first-order valence-electron chi connectivity index (χ1n) is 12.3. The summed E-state index contributed by atoms with van der Waals surface area (Å²) < 4.78 is 40.4. The number of amides is 2. The highest BCUT2D eigenvalue weighted by atomic mass is 32.2. The van der Waals surface area contributed by atoms with Gasteiger partial charge in [0.15, 0.2) is 0 Å². The van der Waals surface area contributed by atoms with Crippen molar-refractivity contribution in [1.82, 2.24) is 4.98 Å². The third kappa shape index (κ3) is 9.15. The number of esters is 1. The summed E-state index contributed by atoms with van der Waals surface area (Å²) in [6.45, 7) is 0. The van der Waals surface area contributed by atoms with Crippen LogP contribution in [0.5, 0.6) is 5.75 Å². The molecule has 0 aliphatic heterocycles. The zero-order valence-electron chi connectivity index (χ0n) is 22.7. The van der Waals surface area contributed by atoms with E-state index in [1.807, 2.05) is 0 Å². The van der Waals surface area contributed by atoms with E-state index >= 15 is 0 Å². The maximum absolute atomic E-state index is 14.2. The summed E-state index contributed by atoms with van der Waals surface area (Å²) in [5.74, 6) is 3.86. The summed E-state index contributed by atoms with van der Waals surface area (Å²) in [7, 11) is -0.129. The average molecular weight is 581 g/mol. The molecule has 0 spiro atoms. The molecule has 1 atom stereocenters. The largest absolute Gasteiger partial charge is 0.497 e. The maximum Gasteiger partial charge on any atom is 0.305 e. The lowest BCUT2D eigenvalue weighted by atomic mass is 10.1. The number of benzene rings is 2. The topological polar surface area (TPSA) is 150 Å². The van der Waals surface area contributed by atoms with Gasteiger partial charge in [-0.05, 0) is 55.3 Å². The molecule has 0 aliphatic carbocycles. The highest BCUT2D eigenvalue weighted by Gasteiger charge is 2.14. The molecule has 0 fully saturated rings. The number of anilines is 2. The third-order valence-electron chi connectivity index (χ3n) is 5.70. The van der Waals surface area contributed by atoms with Crippen LogP contribution < -0.4 is 15.8 Å². The van der Waals surface area contributed by atoms with Crippen LogP contribution in [-0.2, 0) is 19.3 Å². The summed E-state index contributed by atoms with van der Waals surface area (Å²) in [4.78, 5) is 40.5. The average Bonchev–Trinajstić information content (AvgIpc) is 2.94. The van der Waals surface area contributed by atoms with Gasteiger partial charge in [0.1, 0.15) is 17.4 Å². The number of halogens is 1. The SMILES string of the molecule is COC(=O)CCCCS(C)(=O)=NC(=O)c1cnc(N)c(C#Cc2cccc(NC(=O)c3cc(OC)ccc3F)c2)c1. The molecule has 1 aromatic heterocycles. The van der Waals surface area contributed by atoms with E-state index in [1.165, 1.54) is 44.9 Å². The van der Waals surface area contributed by atoms with Crippen molar-refractivity contribution in [2.45, 2.75) is 19.3 Å². The molecule has 0 saturated carbocycles. The van der Waals surface area contributed by atoms with Gasteiger partial charge in [-0.15, -0.1) is 0 Å². The Hall–Kier alpha value is -4.76. The van der Waals surface area contributed by atoms with Gasteiger partial charge >= 0.3 is 5.97 Å². The van der Waals surface area contributed by atoms with Gasteiger partial charge in [0, 0.05) is 35.9 Å². The van der Waals surface area contributed by atoms with Crippen molar-refractivity contribution in [3.05, 3.63) is 82.8 Å². The molecule has 0 saturated heterocycles. The molecule has 1 unspecified atom stereocenters. The first-order valence-corrected chi connectivity index (χ1v) is 14.4. The fourth-order valence-corrected chi connectivity index (χ4v) is 4.81. The first-order chi connectivity index (χ1) is 19.5. The number of ether oxygens (including phenoxy) is 2. The molecule has 2 aromatic carbocycles. The monoisotopic (exact) mass is 580 g/mol. The lowest BCUT2D eigenvalue weighted by Gasteiger charge is -2.08. The second kappa shape index (κ2) is 14.0. The van der Waals surface area contributed by atoms with E-state index in [2.05, 4.69) is 31.2 Å². The van der Waals surface area contributed by atoms with Crippen LogP contribution in [0.1, 0.15) is 51.1 Å². The van der Waals surface area contributed by atoms with Crippen LogP contribution in [0.4, 0.5) is 15.9 Å². The molecule has 0 aliphatic rings. The Morgan fingerprint density at radius 3 is 2.61 bits per heavy atom. The van der Waals surface area contributed by atoms with E-state index in [9.17, 15) is 23.0 Å². The van der Waals surface area contributed by atoms with Crippen molar-refractivity contribution in [1.29, 1.82) is 0 Å². The maximum atomic E-state index is 14.2. The number of methoxy groups -OCH3 is 2. The number of hydrogen-bond donors (Lipinski definition) is 2. The summed E-state index contributed by atoms with van der Waals surface area (Å²) in [5, 5.41) is 2.63. The Bertz CT molecular complexity index is 1650. The van der Waals surface area contributed by atoms with Crippen molar-refractivity contribution in [3.63, 3.8) is 0 Å². The third-order valence-corrected chi connectivity index (χ3v) is 7.30. The standard InChI is InChI=1S/C29H29FN4O6S/c1-39-23-12-13-25(30)24(17-23)29(37)33-22-8-6-7-19(15-22)10-11-20-16-21(18-32-27(20)31)28(36)34-41(3,38)14-5-4-9-26(35)40-2/h6-8,12-13,15-18H,4-5,9,14H2,1-3H3,(H2,31,32)(H,33,37). The lowest BCUT2D eigenvalue weighted by Crippen LogP contribution is -2.14. The second-order valence-corrected chi connectivity index (χ2v) is 11.4. The molecule has 214 valence electrons. The molecule has 41 heavy (non-hydrogen) atoms. The fraction of sp³-hybridized carbons (Fsp3) is 0.241. The van der Waals surface area contributed by atoms with E-state index in [0.717, 1.165) is 6.07 Å². The van der Waals surface area contributed by atoms with E-state index in [-0.39, 0.29) is 40.7 Å². The normalized spacial score (nSPS) is 11.8. The van der Waals surface area contributed by atoms with E-state index in [4.69, 9.17) is 10.5 Å². The van der Waals surface area contributed by atoms with Crippen LogP contribution in [0.3, 0.4) is 0 Å². The highest BCUT2D eigenvalue weighted by molar-refractivity contribution is 7.93. The minimum atomic E-state index is -2.84. The van der Waals surface area contributed by atoms with E-state index < -0.39 is 27.4 Å². The quantitative estimate of drug-likeness (QED) is 0.219. The number of unbranched alkanes of at least 4 members (excludes halogenated alkanes) is 1.